The molecule has 0 aromatic heterocycles. The summed E-state index contributed by atoms with van der Waals surface area (Å²) in [5, 5.41) is 0. The molecule has 1 heterocycles. The van der Waals surface area contributed by atoms with E-state index in [1.165, 1.54) is 12.1 Å². The fourth-order valence-corrected chi connectivity index (χ4v) is 4.59. The molecule has 4 N–H and O–H groups in total. The summed E-state index contributed by atoms with van der Waals surface area (Å²) in [6, 6.07) is 3.87. The smallest absolute Gasteiger partial charge is 0.128 e. The van der Waals surface area contributed by atoms with Gasteiger partial charge in [-0.3, -0.25) is 9.20 Å². The molecule has 4 nitrogen and oxygen atoms in total. The van der Waals surface area contributed by atoms with Crippen molar-refractivity contribution in [1.29, 1.82) is 0 Å². The van der Waals surface area contributed by atoms with Gasteiger partial charge in [-0.05, 0) is 37.5 Å². The molecule has 1 aliphatic carbocycles. The molecule has 1 fully saturated rings. The molecular formula is C13H16FN3OS. The number of hydrogen-bond acceptors (Lipinski definition) is 4. The largest absolute Gasteiger partial charge is 0.399 e. The molecule has 1 aromatic carbocycles. The Morgan fingerprint density at radius 2 is 2.11 bits per heavy atom. The molecule has 2 unspecified atom stereocenters. The first-order chi connectivity index (χ1) is 9.03. The average Bonchev–Trinajstić information content (AvgIpc) is 2.29. The Kier molecular flexibility index (Phi) is 2.85. The minimum absolute atomic E-state index is 0.321. The predicted octanol–water partition coefficient (Wildman–Crippen LogP) is 1.49. The van der Waals surface area contributed by atoms with Crippen LogP contribution < -0.4 is 11.5 Å². The van der Waals surface area contributed by atoms with Crippen molar-refractivity contribution in [2.45, 2.75) is 30.1 Å². The van der Waals surface area contributed by atoms with Gasteiger partial charge in [-0.25, -0.2) is 4.39 Å². The van der Waals surface area contributed by atoms with Crippen molar-refractivity contribution in [3.05, 3.63) is 29.6 Å². The standard InChI is InChI=1S/C13H16FN3OS/c14-10-3-2-8(15)6-9(10)11-7-19(18)13(4-1-5-13)12(16)17-11/h2-3,6,11H,1,4-5,7,15H2,(H2,16,17). The Labute approximate surface area is 113 Å². The minimum Gasteiger partial charge on any atom is -0.399 e. The predicted molar refractivity (Wildman–Crippen MR) is 74.8 cm³/mol. The fourth-order valence-electron chi connectivity index (χ4n) is 2.70. The van der Waals surface area contributed by atoms with Crippen LogP contribution in [0.1, 0.15) is 30.9 Å². The first kappa shape index (κ1) is 12.6. The number of anilines is 1. The van der Waals surface area contributed by atoms with Crippen LogP contribution in [0.4, 0.5) is 10.1 Å². The van der Waals surface area contributed by atoms with E-state index >= 15 is 0 Å². The second-order valence-corrected chi connectivity index (χ2v) is 6.98. The van der Waals surface area contributed by atoms with E-state index in [4.69, 9.17) is 11.5 Å². The van der Waals surface area contributed by atoms with Crippen molar-refractivity contribution >= 4 is 22.3 Å². The Balaban J connectivity index is 1.99. The highest BCUT2D eigenvalue weighted by molar-refractivity contribution is 7.87. The van der Waals surface area contributed by atoms with E-state index in [9.17, 15) is 8.60 Å². The number of halogens is 1. The van der Waals surface area contributed by atoms with Gasteiger partial charge in [0, 0.05) is 22.1 Å². The number of aliphatic imine (C=N–C) groups is 1. The van der Waals surface area contributed by atoms with Gasteiger partial charge < -0.3 is 11.5 Å². The van der Waals surface area contributed by atoms with Crippen molar-refractivity contribution in [1.82, 2.24) is 0 Å². The maximum absolute atomic E-state index is 13.8. The summed E-state index contributed by atoms with van der Waals surface area (Å²) in [6.45, 7) is 0. The summed E-state index contributed by atoms with van der Waals surface area (Å²) >= 11 is 0. The molecule has 2 atom stereocenters. The van der Waals surface area contributed by atoms with E-state index in [-0.39, 0.29) is 5.82 Å². The lowest BCUT2D eigenvalue weighted by molar-refractivity contribution is 0.428. The normalized spacial score (nSPS) is 28.8. The molecule has 2 aliphatic rings. The van der Waals surface area contributed by atoms with E-state index in [0.29, 0.717) is 22.8 Å². The minimum atomic E-state index is -1.10. The quantitative estimate of drug-likeness (QED) is 0.765. The number of nitrogens with zero attached hydrogens (tertiary/aromatic N) is 1. The topological polar surface area (TPSA) is 81.5 Å². The third-order valence-electron chi connectivity index (χ3n) is 4.05. The molecule has 1 aromatic rings. The SMILES string of the molecule is NC1=NC(c2cc(N)ccc2F)CS(=O)C12CCC2. The van der Waals surface area contributed by atoms with Crippen molar-refractivity contribution < 1.29 is 8.60 Å². The van der Waals surface area contributed by atoms with Gasteiger partial charge in [-0.15, -0.1) is 0 Å². The second-order valence-electron chi connectivity index (χ2n) is 5.17. The number of nitrogens with two attached hydrogens (primary N) is 2. The maximum atomic E-state index is 13.8. The average molecular weight is 281 g/mol. The van der Waals surface area contributed by atoms with Crippen LogP contribution in [-0.4, -0.2) is 20.5 Å². The van der Waals surface area contributed by atoms with Crippen LogP contribution in [-0.2, 0) is 10.8 Å². The Morgan fingerprint density at radius 3 is 2.68 bits per heavy atom. The van der Waals surface area contributed by atoms with Gasteiger partial charge in [0.1, 0.15) is 16.4 Å². The van der Waals surface area contributed by atoms with Crippen LogP contribution in [0.3, 0.4) is 0 Å². The van der Waals surface area contributed by atoms with Crippen molar-refractivity contribution in [2.75, 3.05) is 11.5 Å². The highest BCUT2D eigenvalue weighted by Gasteiger charge is 2.49. The molecule has 0 radical (unpaired) electrons. The molecule has 6 heteroatoms. The second kappa shape index (κ2) is 4.30. The van der Waals surface area contributed by atoms with Crippen molar-refractivity contribution in [2.24, 2.45) is 10.7 Å². The van der Waals surface area contributed by atoms with E-state index in [1.807, 2.05) is 0 Å². The molecule has 3 rings (SSSR count). The summed E-state index contributed by atoms with van der Waals surface area (Å²) in [5.74, 6) is 0.355. The number of amidine groups is 1. The van der Waals surface area contributed by atoms with Crippen LogP contribution in [0.5, 0.6) is 0 Å². The number of rotatable bonds is 1. The van der Waals surface area contributed by atoms with Gasteiger partial charge in [-0.2, -0.15) is 0 Å². The lowest BCUT2D eigenvalue weighted by Crippen LogP contribution is -2.56. The summed E-state index contributed by atoms with van der Waals surface area (Å²) < 4.78 is 25.8. The highest BCUT2D eigenvalue weighted by Crippen LogP contribution is 2.43. The molecule has 1 spiro atoms. The third-order valence-corrected chi connectivity index (χ3v) is 6.15. The lowest BCUT2D eigenvalue weighted by atomic mass is 9.83. The molecule has 1 saturated carbocycles. The third kappa shape index (κ3) is 1.85. The zero-order valence-corrected chi connectivity index (χ0v) is 11.3. The zero-order valence-electron chi connectivity index (χ0n) is 10.4. The van der Waals surface area contributed by atoms with Crippen LogP contribution in [0, 0.1) is 5.82 Å². The van der Waals surface area contributed by atoms with Crippen LogP contribution in [0.25, 0.3) is 0 Å². The number of hydrogen-bond donors (Lipinski definition) is 2. The number of benzene rings is 1. The summed E-state index contributed by atoms with van der Waals surface area (Å²) in [5.41, 5.74) is 12.5. The van der Waals surface area contributed by atoms with E-state index < -0.39 is 21.6 Å². The fraction of sp³-hybridized carbons (Fsp3) is 0.462. The maximum Gasteiger partial charge on any atom is 0.128 e. The Hall–Kier alpha value is -1.43. The number of nitrogen functional groups attached to an aromatic ring is 1. The van der Waals surface area contributed by atoms with Gasteiger partial charge in [0.2, 0.25) is 0 Å². The van der Waals surface area contributed by atoms with E-state index in [1.54, 1.807) is 6.07 Å². The molecule has 0 saturated heterocycles. The Bertz CT molecular complexity index is 583. The lowest BCUT2D eigenvalue weighted by Gasteiger charge is -2.43. The van der Waals surface area contributed by atoms with E-state index in [0.717, 1.165) is 19.3 Å². The van der Waals surface area contributed by atoms with Gasteiger partial charge in [0.25, 0.3) is 0 Å². The molecule has 0 amide bonds. The van der Waals surface area contributed by atoms with Crippen LogP contribution >= 0.6 is 0 Å². The Morgan fingerprint density at radius 1 is 1.37 bits per heavy atom. The molecule has 1 aliphatic heterocycles. The van der Waals surface area contributed by atoms with Crippen LogP contribution in [0.15, 0.2) is 23.2 Å². The molecule has 0 bridgehead atoms. The van der Waals surface area contributed by atoms with E-state index in [2.05, 4.69) is 4.99 Å². The van der Waals surface area contributed by atoms with Gasteiger partial charge in [-0.1, -0.05) is 0 Å². The zero-order chi connectivity index (χ0) is 13.6. The molecule has 102 valence electrons. The first-order valence-electron chi connectivity index (χ1n) is 6.30. The summed E-state index contributed by atoms with van der Waals surface area (Å²) in [7, 11) is -1.10. The first-order valence-corrected chi connectivity index (χ1v) is 7.62. The summed E-state index contributed by atoms with van der Waals surface area (Å²) in [6.07, 6.45) is 2.67. The van der Waals surface area contributed by atoms with Crippen molar-refractivity contribution in [3.63, 3.8) is 0 Å². The van der Waals surface area contributed by atoms with Gasteiger partial charge in [0.15, 0.2) is 0 Å². The highest BCUT2D eigenvalue weighted by atomic mass is 32.2. The molecular weight excluding hydrogens is 265 g/mol. The van der Waals surface area contributed by atoms with Crippen molar-refractivity contribution in [3.8, 4) is 0 Å². The van der Waals surface area contributed by atoms with Crippen LogP contribution in [0.2, 0.25) is 0 Å². The van der Waals surface area contributed by atoms with Gasteiger partial charge in [0.05, 0.1) is 11.8 Å². The monoisotopic (exact) mass is 281 g/mol. The molecule has 19 heavy (non-hydrogen) atoms. The summed E-state index contributed by atoms with van der Waals surface area (Å²) in [4.78, 5) is 4.39. The van der Waals surface area contributed by atoms with Gasteiger partial charge >= 0.3 is 0 Å².